The second-order valence-electron chi connectivity index (χ2n) is 11.8. The summed E-state index contributed by atoms with van der Waals surface area (Å²) in [4.78, 5) is 7.42. The van der Waals surface area contributed by atoms with E-state index < -0.39 is 21.4 Å². The minimum atomic E-state index is -2.88. The second-order valence-corrected chi connectivity index (χ2v) is 19.5. The van der Waals surface area contributed by atoms with Gasteiger partial charge in [0, 0.05) is 0 Å². The first-order chi connectivity index (χ1) is 22.9. The monoisotopic (exact) mass is 691 g/mol. The van der Waals surface area contributed by atoms with E-state index in [0.717, 1.165) is 17.1 Å². The summed E-state index contributed by atoms with van der Waals surface area (Å²) in [6.07, 6.45) is 0. The number of anilines is 9. The second kappa shape index (κ2) is 11.3. The van der Waals surface area contributed by atoms with Crippen molar-refractivity contribution in [3.05, 3.63) is 182 Å². The van der Waals surface area contributed by atoms with Crippen LogP contribution in [0.3, 0.4) is 0 Å². The number of hydrogen-bond acceptors (Lipinski definition) is 3. The van der Waals surface area contributed by atoms with Gasteiger partial charge in [-0.2, -0.15) is 0 Å². The minimum absolute atomic E-state index is 1.13. The molecule has 0 radical (unpaired) electrons. The van der Waals surface area contributed by atoms with Crippen LogP contribution in [0.4, 0.5) is 51.2 Å². The standard InChI is InChI=1S/C42H30N3.In/c1-7-19-34(20-8-1)43(35-21-9-2-10-22-35)40-31-41(44(36-23-11-3-12-24-36)37-25-13-4-14-26-37)33-42(32-40)45(38-27-15-5-16-28-38)39-29-17-6-18-30-39;/h1-25,27-29,31-32H;. The van der Waals surface area contributed by atoms with Crippen molar-refractivity contribution < 1.29 is 0 Å². The summed E-state index contributed by atoms with van der Waals surface area (Å²) in [5.41, 5.74) is 10.9. The summed E-state index contributed by atoms with van der Waals surface area (Å²) >= 11 is -2.88. The molecule has 216 valence electrons. The first-order valence-electron chi connectivity index (χ1n) is 15.8. The fraction of sp³-hybridized carbons (Fsp3) is 0. The van der Waals surface area contributed by atoms with E-state index in [1.54, 1.807) is 0 Å². The summed E-state index contributed by atoms with van der Waals surface area (Å²) < 4.78 is 4.58. The summed E-state index contributed by atoms with van der Waals surface area (Å²) in [6.45, 7) is 0. The molecule has 2 heterocycles. The van der Waals surface area contributed by atoms with Crippen molar-refractivity contribution in [1.82, 2.24) is 0 Å². The van der Waals surface area contributed by atoms with Gasteiger partial charge in [-0.15, -0.1) is 0 Å². The van der Waals surface area contributed by atoms with Crippen LogP contribution in [0.25, 0.3) is 0 Å². The van der Waals surface area contributed by atoms with Crippen LogP contribution in [0.2, 0.25) is 0 Å². The molecule has 7 aromatic rings. The van der Waals surface area contributed by atoms with Crippen LogP contribution in [0.5, 0.6) is 0 Å². The number of para-hydroxylation sites is 6. The van der Waals surface area contributed by atoms with E-state index in [1.165, 1.54) is 44.1 Å². The zero-order valence-corrected chi connectivity index (χ0v) is 28.5. The van der Waals surface area contributed by atoms with Gasteiger partial charge in [-0.05, 0) is 0 Å². The molecule has 0 unspecified atom stereocenters. The predicted molar refractivity (Wildman–Crippen MR) is 195 cm³/mol. The molecule has 0 aliphatic carbocycles. The van der Waals surface area contributed by atoms with Gasteiger partial charge < -0.3 is 0 Å². The molecule has 0 spiro atoms. The average Bonchev–Trinajstić information content (AvgIpc) is 3.13. The van der Waals surface area contributed by atoms with Crippen LogP contribution in [-0.4, -0.2) is 21.4 Å². The third-order valence-corrected chi connectivity index (χ3v) is 18.9. The third-order valence-electron chi connectivity index (χ3n) is 9.18. The molecule has 0 bridgehead atoms. The number of benzene rings is 7. The summed E-state index contributed by atoms with van der Waals surface area (Å²) in [6, 6.07) is 66.5. The number of fused-ring (bicyclic) bond motifs is 4. The maximum atomic E-state index is 2.51. The molecule has 0 aromatic heterocycles. The molecule has 0 fully saturated rings. The Bertz CT molecular complexity index is 2020. The van der Waals surface area contributed by atoms with Gasteiger partial charge in [-0.1, -0.05) is 0 Å². The van der Waals surface area contributed by atoms with Crippen molar-refractivity contribution >= 4 is 82.6 Å². The number of nitrogens with zero attached hydrogens (tertiary/aromatic N) is 3. The molecule has 0 saturated carbocycles. The van der Waals surface area contributed by atoms with Crippen molar-refractivity contribution in [1.29, 1.82) is 0 Å². The van der Waals surface area contributed by atoms with Crippen molar-refractivity contribution in [2.45, 2.75) is 0 Å². The Morgan fingerprint density at radius 2 is 0.717 bits per heavy atom. The van der Waals surface area contributed by atoms with Gasteiger partial charge >= 0.3 is 279 Å². The van der Waals surface area contributed by atoms with Crippen LogP contribution < -0.4 is 24.7 Å². The molecule has 0 atom stereocenters. The van der Waals surface area contributed by atoms with E-state index in [2.05, 4.69) is 197 Å². The quantitative estimate of drug-likeness (QED) is 0.178. The van der Waals surface area contributed by atoms with Gasteiger partial charge in [-0.25, -0.2) is 0 Å². The molecule has 0 saturated heterocycles. The Hall–Kier alpha value is -5.19. The van der Waals surface area contributed by atoms with E-state index in [9.17, 15) is 0 Å². The fourth-order valence-electron chi connectivity index (χ4n) is 7.32. The normalized spacial score (nSPS) is 12.7. The van der Waals surface area contributed by atoms with Gasteiger partial charge in [-0.3, -0.25) is 0 Å². The molecular weight excluding hydrogens is 661 g/mol. The van der Waals surface area contributed by atoms with Gasteiger partial charge in [0.15, 0.2) is 0 Å². The van der Waals surface area contributed by atoms with Gasteiger partial charge in [0.1, 0.15) is 0 Å². The Labute approximate surface area is 277 Å². The molecule has 46 heavy (non-hydrogen) atoms. The van der Waals surface area contributed by atoms with Crippen molar-refractivity contribution in [2.24, 2.45) is 0 Å². The van der Waals surface area contributed by atoms with Gasteiger partial charge in [0.05, 0.1) is 0 Å². The van der Waals surface area contributed by atoms with Crippen molar-refractivity contribution in [2.75, 3.05) is 14.7 Å². The zero-order valence-electron chi connectivity index (χ0n) is 25.2. The van der Waals surface area contributed by atoms with E-state index in [0.29, 0.717) is 0 Å². The number of rotatable bonds is 5. The van der Waals surface area contributed by atoms with Gasteiger partial charge in [0.25, 0.3) is 0 Å². The predicted octanol–water partition coefficient (Wildman–Crippen LogP) is 9.24. The zero-order chi connectivity index (χ0) is 30.5. The molecule has 9 rings (SSSR count). The molecule has 3 nitrogen and oxygen atoms in total. The molecule has 7 aromatic carbocycles. The maximum absolute atomic E-state index is 2.88. The molecule has 0 amide bonds. The van der Waals surface area contributed by atoms with E-state index >= 15 is 0 Å². The van der Waals surface area contributed by atoms with Gasteiger partial charge in [0.2, 0.25) is 0 Å². The molecular formula is C42H30InN3. The fourth-order valence-corrected chi connectivity index (χ4v) is 17.7. The number of hydrogen-bond donors (Lipinski definition) is 0. The van der Waals surface area contributed by atoms with Crippen molar-refractivity contribution in [3.8, 4) is 0 Å². The molecule has 2 aliphatic rings. The summed E-state index contributed by atoms with van der Waals surface area (Å²) in [5, 5.41) is 0. The average molecular weight is 692 g/mol. The Balaban J connectivity index is 1.41. The summed E-state index contributed by atoms with van der Waals surface area (Å²) in [5.74, 6) is 0. The Kier molecular flexibility index (Phi) is 6.68. The summed E-state index contributed by atoms with van der Waals surface area (Å²) in [7, 11) is 0. The first kappa shape index (κ1) is 27.1. The van der Waals surface area contributed by atoms with Crippen LogP contribution >= 0.6 is 0 Å². The first-order valence-corrected chi connectivity index (χ1v) is 20.8. The van der Waals surface area contributed by atoms with Crippen LogP contribution in [0, 0.1) is 0 Å². The molecule has 4 heteroatoms. The van der Waals surface area contributed by atoms with Crippen LogP contribution in [0.1, 0.15) is 0 Å². The molecule has 2 aliphatic heterocycles. The van der Waals surface area contributed by atoms with Crippen LogP contribution in [0.15, 0.2) is 182 Å². The van der Waals surface area contributed by atoms with E-state index in [4.69, 9.17) is 0 Å². The third kappa shape index (κ3) is 4.36. The SMILES string of the molecule is c1ccc(N(c2ccccc2)c2cc3[c]4c(c2)N(c2ccccc2)c2cccc[c]2[In]4[c]2ccccc2N3c2ccccc2)cc1. The Morgan fingerprint density at radius 1 is 0.348 bits per heavy atom. The Morgan fingerprint density at radius 3 is 1.15 bits per heavy atom. The molecule has 0 N–H and O–H groups in total. The van der Waals surface area contributed by atoms with E-state index in [1.807, 2.05) is 0 Å². The van der Waals surface area contributed by atoms with Crippen molar-refractivity contribution in [3.63, 3.8) is 0 Å². The van der Waals surface area contributed by atoms with E-state index in [-0.39, 0.29) is 0 Å². The van der Waals surface area contributed by atoms with Crippen LogP contribution in [-0.2, 0) is 0 Å². The topological polar surface area (TPSA) is 9.72 Å².